The Morgan fingerprint density at radius 3 is 2.14 bits per heavy atom. The third-order valence-electron chi connectivity index (χ3n) is 1.69. The molecule has 0 saturated carbocycles. The normalized spacial score (nSPS) is 10.2. The fourth-order valence-corrected chi connectivity index (χ4v) is 5.16. The summed E-state index contributed by atoms with van der Waals surface area (Å²) < 4.78 is 3.50. The zero-order valence-electron chi connectivity index (χ0n) is 7.06. The smallest absolute Gasteiger partial charge is 0.303 e. The molecule has 1 aromatic rings. The third kappa shape index (κ3) is 3.80. The molecular formula is C9H7I3O2. The van der Waals surface area contributed by atoms with E-state index in [-0.39, 0.29) is 6.42 Å². The zero-order chi connectivity index (χ0) is 10.7. The Bertz CT molecular complexity index is 340. The van der Waals surface area contributed by atoms with E-state index < -0.39 is 5.97 Å². The number of rotatable bonds is 3. The molecule has 0 heterocycles. The highest BCUT2D eigenvalue weighted by Gasteiger charge is 2.08. The van der Waals surface area contributed by atoms with E-state index in [1.54, 1.807) is 0 Å². The van der Waals surface area contributed by atoms with Gasteiger partial charge in [-0.25, -0.2) is 0 Å². The molecule has 0 aromatic heterocycles. The molecule has 0 aliphatic heterocycles. The lowest BCUT2D eigenvalue weighted by Crippen LogP contribution is -2.01. The number of halogens is 3. The van der Waals surface area contributed by atoms with Crippen molar-refractivity contribution in [3.63, 3.8) is 0 Å². The summed E-state index contributed by atoms with van der Waals surface area (Å²) in [6.45, 7) is 0. The van der Waals surface area contributed by atoms with Crippen molar-refractivity contribution in [3.05, 3.63) is 28.4 Å². The van der Waals surface area contributed by atoms with E-state index in [9.17, 15) is 4.79 Å². The minimum absolute atomic E-state index is 0.201. The molecule has 0 aliphatic carbocycles. The van der Waals surface area contributed by atoms with E-state index in [1.165, 1.54) is 3.57 Å². The summed E-state index contributed by atoms with van der Waals surface area (Å²) in [4.78, 5) is 10.5. The van der Waals surface area contributed by atoms with Crippen LogP contribution in [0.1, 0.15) is 12.0 Å². The van der Waals surface area contributed by atoms with Crippen molar-refractivity contribution in [3.8, 4) is 0 Å². The molecule has 0 bridgehead atoms. The van der Waals surface area contributed by atoms with Crippen molar-refractivity contribution in [2.75, 3.05) is 0 Å². The standard InChI is InChI=1S/C9H7I3O2/c10-5-3-7(11)6(8(12)4-5)1-2-9(13)14/h3-4H,1-2H2,(H,13,14). The first-order valence-corrected chi connectivity index (χ1v) is 7.09. The van der Waals surface area contributed by atoms with Crippen molar-refractivity contribution in [2.24, 2.45) is 0 Å². The van der Waals surface area contributed by atoms with E-state index in [4.69, 9.17) is 5.11 Å². The molecule has 1 N–H and O–H groups in total. The Kier molecular flexibility index (Phi) is 5.39. The van der Waals surface area contributed by atoms with Crippen LogP contribution in [0.15, 0.2) is 12.1 Å². The van der Waals surface area contributed by atoms with Gasteiger partial charge in [0.25, 0.3) is 0 Å². The van der Waals surface area contributed by atoms with Gasteiger partial charge >= 0.3 is 5.97 Å². The average molecular weight is 528 g/mol. The summed E-state index contributed by atoms with van der Waals surface area (Å²) in [6, 6.07) is 4.14. The molecule has 0 spiro atoms. The second-order valence-corrected chi connectivity index (χ2v) is 6.31. The predicted molar refractivity (Wildman–Crippen MR) is 80.5 cm³/mol. The number of hydrogen-bond acceptors (Lipinski definition) is 1. The molecule has 14 heavy (non-hydrogen) atoms. The average Bonchev–Trinajstić information content (AvgIpc) is 2.01. The van der Waals surface area contributed by atoms with Crippen LogP contribution in [0.5, 0.6) is 0 Å². The number of carboxylic acid groups (broad SMARTS) is 1. The summed E-state index contributed by atoms with van der Waals surface area (Å²) in [5.41, 5.74) is 1.15. The summed E-state index contributed by atoms with van der Waals surface area (Å²) >= 11 is 6.78. The van der Waals surface area contributed by atoms with Crippen LogP contribution in [0.4, 0.5) is 0 Å². The largest absolute Gasteiger partial charge is 0.481 e. The van der Waals surface area contributed by atoms with Gasteiger partial charge in [0.15, 0.2) is 0 Å². The maximum atomic E-state index is 10.5. The Labute approximate surface area is 123 Å². The third-order valence-corrected chi connectivity index (χ3v) is 4.24. The Hall–Kier alpha value is 0.880. The van der Waals surface area contributed by atoms with Crippen molar-refractivity contribution >= 4 is 73.7 Å². The van der Waals surface area contributed by atoms with Gasteiger partial charge in [-0.1, -0.05) is 0 Å². The second kappa shape index (κ2) is 5.83. The molecule has 5 heteroatoms. The summed E-state index contributed by atoms with van der Waals surface area (Å²) in [6.07, 6.45) is 0.815. The van der Waals surface area contributed by atoms with Crippen molar-refractivity contribution in [1.82, 2.24) is 0 Å². The molecule has 0 fully saturated rings. The topological polar surface area (TPSA) is 37.3 Å². The second-order valence-electron chi connectivity index (χ2n) is 2.74. The van der Waals surface area contributed by atoms with Crippen LogP contribution in [-0.2, 0) is 11.2 Å². The van der Waals surface area contributed by atoms with Crippen LogP contribution in [0.2, 0.25) is 0 Å². The van der Waals surface area contributed by atoms with Gasteiger partial charge in [-0.3, -0.25) is 4.79 Å². The molecule has 2 nitrogen and oxygen atoms in total. The van der Waals surface area contributed by atoms with Gasteiger partial charge in [0, 0.05) is 17.1 Å². The van der Waals surface area contributed by atoms with Gasteiger partial charge in [-0.15, -0.1) is 0 Å². The Morgan fingerprint density at radius 2 is 1.71 bits per heavy atom. The van der Waals surface area contributed by atoms with Gasteiger partial charge in [0.2, 0.25) is 0 Å². The lowest BCUT2D eigenvalue weighted by atomic mass is 10.1. The molecule has 1 rings (SSSR count). The fourth-order valence-electron chi connectivity index (χ4n) is 1.04. The van der Waals surface area contributed by atoms with E-state index in [2.05, 4.69) is 79.9 Å². The Morgan fingerprint density at radius 1 is 1.21 bits per heavy atom. The number of carbonyl (C=O) groups is 1. The number of aliphatic carboxylic acids is 1. The van der Waals surface area contributed by atoms with E-state index >= 15 is 0 Å². The lowest BCUT2D eigenvalue weighted by molar-refractivity contribution is -0.136. The monoisotopic (exact) mass is 528 g/mol. The molecule has 0 saturated heterocycles. The molecular weight excluding hydrogens is 521 g/mol. The van der Waals surface area contributed by atoms with E-state index in [1.807, 2.05) is 0 Å². The molecule has 0 unspecified atom stereocenters. The highest BCUT2D eigenvalue weighted by Crippen LogP contribution is 2.23. The maximum absolute atomic E-state index is 10.5. The summed E-state index contributed by atoms with van der Waals surface area (Å²) in [5, 5.41) is 8.60. The lowest BCUT2D eigenvalue weighted by Gasteiger charge is -2.06. The quantitative estimate of drug-likeness (QED) is 0.611. The van der Waals surface area contributed by atoms with Gasteiger partial charge in [-0.05, 0) is 91.9 Å². The van der Waals surface area contributed by atoms with Gasteiger partial charge < -0.3 is 5.11 Å². The van der Waals surface area contributed by atoms with Crippen LogP contribution in [0.25, 0.3) is 0 Å². The number of carboxylic acids is 1. The predicted octanol–water partition coefficient (Wildman–Crippen LogP) is 3.52. The van der Waals surface area contributed by atoms with Crippen LogP contribution < -0.4 is 0 Å². The van der Waals surface area contributed by atoms with Gasteiger partial charge in [0.1, 0.15) is 0 Å². The first-order chi connectivity index (χ1) is 6.50. The van der Waals surface area contributed by atoms with Gasteiger partial charge in [0.05, 0.1) is 0 Å². The van der Waals surface area contributed by atoms with Gasteiger partial charge in [-0.2, -0.15) is 0 Å². The molecule has 0 amide bonds. The van der Waals surface area contributed by atoms with Crippen molar-refractivity contribution < 1.29 is 9.90 Å². The van der Waals surface area contributed by atoms with Crippen LogP contribution in [0.3, 0.4) is 0 Å². The van der Waals surface area contributed by atoms with Crippen molar-refractivity contribution in [1.29, 1.82) is 0 Å². The Balaban J connectivity index is 2.91. The minimum Gasteiger partial charge on any atom is -0.481 e. The number of hydrogen-bond donors (Lipinski definition) is 1. The summed E-state index contributed by atoms with van der Waals surface area (Å²) in [5.74, 6) is -0.741. The fraction of sp³-hybridized carbons (Fsp3) is 0.222. The molecule has 0 aliphatic rings. The highest BCUT2D eigenvalue weighted by molar-refractivity contribution is 14.1. The van der Waals surface area contributed by atoms with Crippen molar-refractivity contribution in [2.45, 2.75) is 12.8 Å². The van der Waals surface area contributed by atoms with Crippen LogP contribution in [0, 0.1) is 10.7 Å². The highest BCUT2D eigenvalue weighted by atomic mass is 127. The SMILES string of the molecule is O=C(O)CCc1c(I)cc(I)cc1I. The first kappa shape index (κ1) is 12.9. The van der Waals surface area contributed by atoms with Crippen LogP contribution >= 0.6 is 67.8 Å². The minimum atomic E-state index is -0.741. The molecule has 76 valence electrons. The maximum Gasteiger partial charge on any atom is 0.303 e. The van der Waals surface area contributed by atoms with E-state index in [0.717, 1.165) is 12.7 Å². The molecule has 0 radical (unpaired) electrons. The zero-order valence-corrected chi connectivity index (χ0v) is 13.5. The van der Waals surface area contributed by atoms with Crippen LogP contribution in [-0.4, -0.2) is 11.1 Å². The summed E-state index contributed by atoms with van der Waals surface area (Å²) in [7, 11) is 0. The first-order valence-electron chi connectivity index (χ1n) is 3.86. The molecule has 0 atom stereocenters. The molecule has 1 aromatic carbocycles. The van der Waals surface area contributed by atoms with E-state index in [0.29, 0.717) is 6.42 Å². The number of benzene rings is 1.